The first-order chi connectivity index (χ1) is 9.79. The summed E-state index contributed by atoms with van der Waals surface area (Å²) in [6, 6.07) is 5.68. The Kier molecular flexibility index (Phi) is 4.50. The largest absolute Gasteiger partial charge is 0.478 e. The summed E-state index contributed by atoms with van der Waals surface area (Å²) >= 11 is 3.08. The van der Waals surface area contributed by atoms with Crippen molar-refractivity contribution in [3.05, 3.63) is 52.3 Å². The van der Waals surface area contributed by atoms with Gasteiger partial charge in [-0.05, 0) is 45.8 Å². The van der Waals surface area contributed by atoms with Gasteiger partial charge in [-0.25, -0.2) is 17.9 Å². The van der Waals surface area contributed by atoms with Gasteiger partial charge in [0, 0.05) is 30.5 Å². The minimum atomic E-state index is -3.77. The zero-order chi connectivity index (χ0) is 15.6. The van der Waals surface area contributed by atoms with Crippen molar-refractivity contribution < 1.29 is 18.3 Å². The normalized spacial score (nSPS) is 11.5. The van der Waals surface area contributed by atoms with Crippen molar-refractivity contribution in [1.82, 2.24) is 9.29 Å². The molecule has 1 aromatic carbocycles. The summed E-state index contributed by atoms with van der Waals surface area (Å²) < 4.78 is 28.9. The third-order valence-corrected chi connectivity index (χ3v) is 4.93. The highest BCUT2D eigenvalue weighted by molar-refractivity contribution is 9.10. The number of aromatic carboxylic acids is 1. The topological polar surface area (TPSA) is 88.4 Å². The molecule has 0 aliphatic heterocycles. The fraction of sp³-hybridized carbons (Fsp3) is 0.154. The number of carbonyl (C=O) groups is 1. The Morgan fingerprint density at radius 1 is 1.38 bits per heavy atom. The van der Waals surface area contributed by atoms with Crippen LogP contribution in [-0.4, -0.2) is 24.1 Å². The van der Waals surface area contributed by atoms with Crippen LogP contribution in [0, 0.1) is 0 Å². The highest BCUT2D eigenvalue weighted by atomic mass is 79.9. The van der Waals surface area contributed by atoms with Gasteiger partial charge < -0.3 is 9.67 Å². The molecule has 0 atom stereocenters. The van der Waals surface area contributed by atoms with Crippen LogP contribution in [0.25, 0.3) is 0 Å². The van der Waals surface area contributed by atoms with Gasteiger partial charge >= 0.3 is 5.97 Å². The van der Waals surface area contributed by atoms with Crippen molar-refractivity contribution in [1.29, 1.82) is 0 Å². The van der Waals surface area contributed by atoms with Gasteiger partial charge in [0.1, 0.15) is 0 Å². The Balaban J connectivity index is 2.23. The number of hydrogen-bond donors (Lipinski definition) is 2. The van der Waals surface area contributed by atoms with Crippen LogP contribution >= 0.6 is 15.9 Å². The lowest BCUT2D eigenvalue weighted by Crippen LogP contribution is -2.23. The third-order valence-electron chi connectivity index (χ3n) is 2.84. The molecule has 0 saturated carbocycles. The molecule has 0 aliphatic carbocycles. The zero-order valence-electron chi connectivity index (χ0n) is 11.1. The molecule has 0 fully saturated rings. The van der Waals surface area contributed by atoms with Crippen LogP contribution in [0.1, 0.15) is 15.9 Å². The van der Waals surface area contributed by atoms with Crippen molar-refractivity contribution in [2.45, 2.75) is 11.4 Å². The molecule has 2 N–H and O–H groups in total. The number of halogens is 1. The summed E-state index contributed by atoms with van der Waals surface area (Å²) in [5.41, 5.74) is 0.717. The lowest BCUT2D eigenvalue weighted by atomic mass is 10.2. The van der Waals surface area contributed by atoms with E-state index in [0.717, 1.165) is 11.6 Å². The Hall–Kier alpha value is -1.64. The first-order valence-electron chi connectivity index (χ1n) is 5.93. The maximum atomic E-state index is 12.2. The van der Waals surface area contributed by atoms with Crippen LogP contribution in [0.2, 0.25) is 0 Å². The standard InChI is InChI=1S/C13H13BrN2O4S/c1-16-5-4-9(8-16)7-15-21(19,20)10-2-3-12(14)11(6-10)13(17)18/h2-6,8,15H,7H2,1H3,(H,17,18). The van der Waals surface area contributed by atoms with E-state index in [4.69, 9.17) is 5.11 Å². The smallest absolute Gasteiger partial charge is 0.336 e. The summed E-state index contributed by atoms with van der Waals surface area (Å²) in [4.78, 5) is 11.0. The number of carboxylic acids is 1. The number of hydrogen-bond acceptors (Lipinski definition) is 3. The second kappa shape index (κ2) is 6.00. The van der Waals surface area contributed by atoms with Gasteiger partial charge in [0.05, 0.1) is 10.5 Å². The summed E-state index contributed by atoms with van der Waals surface area (Å²) in [5.74, 6) is -1.19. The van der Waals surface area contributed by atoms with Crippen molar-refractivity contribution >= 4 is 31.9 Å². The van der Waals surface area contributed by atoms with Crippen LogP contribution in [0.5, 0.6) is 0 Å². The van der Waals surface area contributed by atoms with Crippen LogP contribution in [0.3, 0.4) is 0 Å². The van der Waals surface area contributed by atoms with E-state index in [1.807, 2.05) is 17.8 Å². The number of nitrogens with zero attached hydrogens (tertiary/aromatic N) is 1. The number of sulfonamides is 1. The van der Waals surface area contributed by atoms with Crippen molar-refractivity contribution in [3.63, 3.8) is 0 Å². The highest BCUT2D eigenvalue weighted by Crippen LogP contribution is 2.21. The van der Waals surface area contributed by atoms with E-state index in [1.165, 1.54) is 12.1 Å². The zero-order valence-corrected chi connectivity index (χ0v) is 13.5. The van der Waals surface area contributed by atoms with Gasteiger partial charge in [0.2, 0.25) is 10.0 Å². The molecular formula is C13H13BrN2O4S. The van der Waals surface area contributed by atoms with Gasteiger partial charge in [-0.3, -0.25) is 0 Å². The number of rotatable bonds is 5. The molecule has 0 amide bonds. The van der Waals surface area contributed by atoms with Crippen LogP contribution in [0.4, 0.5) is 0 Å². The Morgan fingerprint density at radius 3 is 2.67 bits per heavy atom. The molecular weight excluding hydrogens is 360 g/mol. The molecule has 8 heteroatoms. The molecule has 0 bridgehead atoms. The number of nitrogens with one attached hydrogen (secondary N) is 1. The Bertz CT molecular complexity index is 783. The van der Waals surface area contributed by atoms with Gasteiger partial charge in [-0.15, -0.1) is 0 Å². The monoisotopic (exact) mass is 372 g/mol. The van der Waals surface area contributed by atoms with Crippen LogP contribution in [-0.2, 0) is 23.6 Å². The van der Waals surface area contributed by atoms with Gasteiger partial charge in [0.25, 0.3) is 0 Å². The summed E-state index contributed by atoms with van der Waals surface area (Å²) in [6.07, 6.45) is 3.61. The van der Waals surface area contributed by atoms with Crippen molar-refractivity contribution in [2.24, 2.45) is 7.05 Å². The number of benzene rings is 1. The van der Waals surface area contributed by atoms with E-state index in [1.54, 1.807) is 12.3 Å². The predicted molar refractivity (Wildman–Crippen MR) is 80.5 cm³/mol. The molecule has 6 nitrogen and oxygen atoms in total. The maximum Gasteiger partial charge on any atom is 0.336 e. The molecule has 112 valence electrons. The van der Waals surface area contributed by atoms with Crippen LogP contribution in [0.15, 0.2) is 46.0 Å². The van der Waals surface area contributed by atoms with E-state index in [0.29, 0.717) is 4.47 Å². The third kappa shape index (κ3) is 3.72. The Labute approximate surface area is 130 Å². The van der Waals surface area contributed by atoms with E-state index < -0.39 is 16.0 Å². The summed E-state index contributed by atoms with van der Waals surface area (Å²) in [5, 5.41) is 9.02. The van der Waals surface area contributed by atoms with E-state index in [-0.39, 0.29) is 17.0 Å². The second-order valence-corrected chi connectivity index (χ2v) is 7.08. The fourth-order valence-corrected chi connectivity index (χ4v) is 3.22. The number of aromatic nitrogens is 1. The first-order valence-corrected chi connectivity index (χ1v) is 8.20. The van der Waals surface area contributed by atoms with Gasteiger partial charge in [0.15, 0.2) is 0 Å². The number of aryl methyl sites for hydroxylation is 1. The van der Waals surface area contributed by atoms with E-state index >= 15 is 0 Å². The quantitative estimate of drug-likeness (QED) is 0.839. The molecule has 2 aromatic rings. The first kappa shape index (κ1) is 15.7. The van der Waals surface area contributed by atoms with Gasteiger partial charge in [-0.1, -0.05) is 0 Å². The molecule has 0 saturated heterocycles. The van der Waals surface area contributed by atoms with E-state index in [2.05, 4.69) is 20.7 Å². The van der Waals surface area contributed by atoms with Crippen LogP contribution < -0.4 is 4.72 Å². The molecule has 21 heavy (non-hydrogen) atoms. The minimum Gasteiger partial charge on any atom is -0.478 e. The lowest BCUT2D eigenvalue weighted by molar-refractivity contribution is 0.0695. The van der Waals surface area contributed by atoms with Crippen molar-refractivity contribution in [2.75, 3.05) is 0 Å². The fourth-order valence-electron chi connectivity index (χ4n) is 1.76. The SMILES string of the molecule is Cn1ccc(CNS(=O)(=O)c2ccc(Br)c(C(=O)O)c2)c1. The summed E-state index contributed by atoms with van der Waals surface area (Å²) in [7, 11) is -1.93. The molecule has 2 rings (SSSR count). The van der Waals surface area contributed by atoms with E-state index in [9.17, 15) is 13.2 Å². The highest BCUT2D eigenvalue weighted by Gasteiger charge is 2.18. The molecule has 0 aliphatic rings. The maximum absolute atomic E-state index is 12.2. The van der Waals surface area contributed by atoms with Crippen molar-refractivity contribution in [3.8, 4) is 0 Å². The molecule has 0 unspecified atom stereocenters. The Morgan fingerprint density at radius 2 is 2.10 bits per heavy atom. The summed E-state index contributed by atoms with van der Waals surface area (Å²) in [6.45, 7) is 0.141. The average molecular weight is 373 g/mol. The minimum absolute atomic E-state index is 0.0842. The molecule has 1 aromatic heterocycles. The van der Waals surface area contributed by atoms with Gasteiger partial charge in [-0.2, -0.15) is 0 Å². The number of carboxylic acid groups (broad SMARTS) is 1. The molecule has 1 heterocycles. The predicted octanol–water partition coefficient (Wildman–Crippen LogP) is 1.96. The lowest BCUT2D eigenvalue weighted by Gasteiger charge is -2.07. The molecule has 0 radical (unpaired) electrons. The second-order valence-electron chi connectivity index (χ2n) is 4.46. The average Bonchev–Trinajstić information content (AvgIpc) is 2.82. The molecule has 0 spiro atoms.